The van der Waals surface area contributed by atoms with E-state index in [4.69, 9.17) is 9.47 Å². The fourth-order valence-corrected chi connectivity index (χ4v) is 3.05. The molecular weight excluding hydrogens is 330 g/mol. The zero-order chi connectivity index (χ0) is 18.5. The highest BCUT2D eigenvalue weighted by atomic mass is 16.5. The molecule has 1 heterocycles. The summed E-state index contributed by atoms with van der Waals surface area (Å²) in [4.78, 5) is 26.5. The van der Waals surface area contributed by atoms with Crippen molar-refractivity contribution in [1.82, 2.24) is 0 Å². The Hall–Kier alpha value is -2.82. The molecular formula is C21H23NO4. The lowest BCUT2D eigenvalue weighted by Crippen LogP contribution is -2.27. The van der Waals surface area contributed by atoms with Crippen LogP contribution in [-0.2, 0) is 16.0 Å². The number of para-hydroxylation sites is 2. The van der Waals surface area contributed by atoms with Gasteiger partial charge in [0.1, 0.15) is 11.5 Å². The third-order valence-electron chi connectivity index (χ3n) is 4.46. The molecule has 1 aliphatic heterocycles. The van der Waals surface area contributed by atoms with Crippen molar-refractivity contribution < 1.29 is 19.1 Å². The van der Waals surface area contributed by atoms with Crippen LogP contribution in [0.25, 0.3) is 0 Å². The van der Waals surface area contributed by atoms with E-state index in [1.165, 1.54) is 5.56 Å². The zero-order valence-electron chi connectivity index (χ0n) is 15.1. The number of anilines is 1. The van der Waals surface area contributed by atoms with E-state index in [2.05, 4.69) is 6.92 Å². The Morgan fingerprint density at radius 1 is 1.12 bits per heavy atom. The molecule has 136 valence electrons. The van der Waals surface area contributed by atoms with Crippen LogP contribution in [0.2, 0.25) is 0 Å². The van der Waals surface area contributed by atoms with Crippen LogP contribution in [0.15, 0.2) is 48.5 Å². The van der Waals surface area contributed by atoms with Crippen LogP contribution in [0.1, 0.15) is 25.8 Å². The van der Waals surface area contributed by atoms with Gasteiger partial charge < -0.3 is 14.4 Å². The highest BCUT2D eigenvalue weighted by Gasteiger charge is 2.37. The van der Waals surface area contributed by atoms with Crippen molar-refractivity contribution >= 4 is 17.6 Å². The molecule has 5 nitrogen and oxygen atoms in total. The molecule has 1 amide bonds. The minimum Gasteiger partial charge on any atom is -0.492 e. The second kappa shape index (κ2) is 8.04. The van der Waals surface area contributed by atoms with Crippen LogP contribution >= 0.6 is 0 Å². The first-order valence-corrected chi connectivity index (χ1v) is 8.95. The topological polar surface area (TPSA) is 55.8 Å². The second-order valence-corrected chi connectivity index (χ2v) is 6.22. The Balaban J connectivity index is 1.70. The summed E-state index contributed by atoms with van der Waals surface area (Å²) in [5, 5.41) is 0. The number of hydrogen-bond donors (Lipinski definition) is 0. The van der Waals surface area contributed by atoms with Crippen LogP contribution in [0.4, 0.5) is 5.69 Å². The number of carbonyl (C=O) groups excluding carboxylic acids is 2. The number of carbonyl (C=O) groups is 2. The molecule has 2 aromatic carbocycles. The lowest BCUT2D eigenvalue weighted by atomic mass is 10.1. The van der Waals surface area contributed by atoms with Crippen LogP contribution < -0.4 is 14.4 Å². The van der Waals surface area contributed by atoms with Gasteiger partial charge >= 0.3 is 5.97 Å². The number of ether oxygens (including phenoxy) is 2. The Bertz CT molecular complexity index is 785. The molecule has 0 radical (unpaired) electrons. The lowest BCUT2D eigenvalue weighted by Gasteiger charge is -2.19. The molecule has 1 saturated heterocycles. The molecule has 0 unspecified atom stereocenters. The highest BCUT2D eigenvalue weighted by Crippen LogP contribution is 2.33. The molecule has 2 aromatic rings. The number of hydrogen-bond acceptors (Lipinski definition) is 4. The zero-order valence-corrected chi connectivity index (χ0v) is 15.1. The summed E-state index contributed by atoms with van der Waals surface area (Å²) in [5.41, 5.74) is 1.88. The van der Waals surface area contributed by atoms with Crippen molar-refractivity contribution in [3.05, 3.63) is 54.1 Å². The van der Waals surface area contributed by atoms with Crippen molar-refractivity contribution in [1.29, 1.82) is 0 Å². The first kappa shape index (κ1) is 18.0. The van der Waals surface area contributed by atoms with E-state index in [0.717, 1.165) is 6.42 Å². The number of aryl methyl sites for hydroxylation is 1. The van der Waals surface area contributed by atoms with Crippen LogP contribution in [-0.4, -0.2) is 25.0 Å². The van der Waals surface area contributed by atoms with Gasteiger partial charge in [0.25, 0.3) is 0 Å². The van der Waals surface area contributed by atoms with Gasteiger partial charge in [-0.2, -0.15) is 0 Å². The Morgan fingerprint density at radius 3 is 2.54 bits per heavy atom. The quantitative estimate of drug-likeness (QED) is 0.588. The Morgan fingerprint density at radius 2 is 1.85 bits per heavy atom. The van der Waals surface area contributed by atoms with Gasteiger partial charge in [-0.05, 0) is 43.2 Å². The van der Waals surface area contributed by atoms with E-state index in [1.54, 1.807) is 17.0 Å². The van der Waals surface area contributed by atoms with Crippen molar-refractivity contribution in [3.63, 3.8) is 0 Å². The minimum absolute atomic E-state index is 0.0968. The van der Waals surface area contributed by atoms with Crippen LogP contribution in [0, 0.1) is 5.92 Å². The first-order valence-electron chi connectivity index (χ1n) is 8.95. The van der Waals surface area contributed by atoms with Gasteiger partial charge in [0.05, 0.1) is 18.2 Å². The molecule has 0 saturated carbocycles. The largest absolute Gasteiger partial charge is 0.492 e. The molecule has 5 heteroatoms. The van der Waals surface area contributed by atoms with E-state index in [-0.39, 0.29) is 18.3 Å². The van der Waals surface area contributed by atoms with E-state index >= 15 is 0 Å². The summed E-state index contributed by atoms with van der Waals surface area (Å²) in [6.45, 7) is 4.78. The van der Waals surface area contributed by atoms with Gasteiger partial charge in [-0.25, -0.2) is 0 Å². The van der Waals surface area contributed by atoms with E-state index < -0.39 is 5.92 Å². The van der Waals surface area contributed by atoms with Crippen LogP contribution in [0.3, 0.4) is 0 Å². The molecule has 0 spiro atoms. The molecule has 0 N–H and O–H groups in total. The Labute approximate surface area is 153 Å². The van der Waals surface area contributed by atoms with E-state index in [1.807, 2.05) is 43.3 Å². The Kier molecular flexibility index (Phi) is 5.56. The maximum absolute atomic E-state index is 12.5. The number of nitrogens with zero attached hydrogens (tertiary/aromatic N) is 1. The third-order valence-corrected chi connectivity index (χ3v) is 4.46. The molecule has 0 aliphatic carbocycles. The molecule has 3 rings (SSSR count). The summed E-state index contributed by atoms with van der Waals surface area (Å²) in [6, 6.07) is 14.8. The van der Waals surface area contributed by atoms with Gasteiger partial charge in [-0.1, -0.05) is 31.2 Å². The SMILES string of the molecule is CCOc1ccccc1N1C[C@H](C(=O)Oc2ccc(CC)cc2)CC1=O. The third kappa shape index (κ3) is 3.87. The van der Waals surface area contributed by atoms with Crippen molar-refractivity contribution in [2.24, 2.45) is 5.92 Å². The highest BCUT2D eigenvalue weighted by molar-refractivity contribution is 6.00. The maximum Gasteiger partial charge on any atom is 0.316 e. The second-order valence-electron chi connectivity index (χ2n) is 6.22. The van der Waals surface area contributed by atoms with Crippen molar-refractivity contribution in [2.45, 2.75) is 26.7 Å². The standard InChI is InChI=1S/C21H23NO4/c1-3-15-9-11-17(12-10-15)26-21(24)16-13-20(23)22(14-16)18-7-5-6-8-19(18)25-4-2/h5-12,16H,3-4,13-14H2,1-2H3/t16-/m1/s1. The fourth-order valence-electron chi connectivity index (χ4n) is 3.05. The number of amides is 1. The van der Waals surface area contributed by atoms with Gasteiger partial charge in [0, 0.05) is 13.0 Å². The van der Waals surface area contributed by atoms with E-state index in [9.17, 15) is 9.59 Å². The molecule has 26 heavy (non-hydrogen) atoms. The average Bonchev–Trinajstić information content (AvgIpc) is 3.05. The molecule has 1 atom stereocenters. The van der Waals surface area contributed by atoms with Gasteiger partial charge in [-0.15, -0.1) is 0 Å². The number of rotatable bonds is 6. The number of benzene rings is 2. The summed E-state index contributed by atoms with van der Waals surface area (Å²) in [7, 11) is 0. The van der Waals surface area contributed by atoms with Crippen molar-refractivity contribution in [3.8, 4) is 11.5 Å². The maximum atomic E-state index is 12.5. The van der Waals surface area contributed by atoms with Gasteiger partial charge in [0.2, 0.25) is 5.91 Å². The first-order chi connectivity index (χ1) is 12.6. The summed E-state index contributed by atoms with van der Waals surface area (Å²) < 4.78 is 11.1. The summed E-state index contributed by atoms with van der Waals surface area (Å²) >= 11 is 0. The van der Waals surface area contributed by atoms with Gasteiger partial charge in [0.15, 0.2) is 0 Å². The molecule has 0 aromatic heterocycles. The van der Waals surface area contributed by atoms with Crippen molar-refractivity contribution in [2.75, 3.05) is 18.1 Å². The lowest BCUT2D eigenvalue weighted by molar-refractivity contribution is -0.139. The van der Waals surface area contributed by atoms with Gasteiger partial charge in [-0.3, -0.25) is 9.59 Å². The number of esters is 1. The normalized spacial score (nSPS) is 16.6. The minimum atomic E-state index is -0.483. The average molecular weight is 353 g/mol. The predicted octanol–water partition coefficient (Wildman–Crippen LogP) is 3.61. The molecule has 1 fully saturated rings. The smallest absolute Gasteiger partial charge is 0.316 e. The predicted molar refractivity (Wildman–Crippen MR) is 99.5 cm³/mol. The van der Waals surface area contributed by atoms with Crippen LogP contribution in [0.5, 0.6) is 11.5 Å². The monoisotopic (exact) mass is 353 g/mol. The summed E-state index contributed by atoms with van der Waals surface area (Å²) in [6.07, 6.45) is 1.08. The molecule has 0 bridgehead atoms. The molecule has 1 aliphatic rings. The van der Waals surface area contributed by atoms with E-state index in [0.29, 0.717) is 30.3 Å². The fraction of sp³-hybridized carbons (Fsp3) is 0.333. The summed E-state index contributed by atoms with van der Waals surface area (Å²) in [5.74, 6) is 0.197.